The lowest BCUT2D eigenvalue weighted by atomic mass is 10.4. The number of aryl methyl sites for hydroxylation is 1. The molecule has 0 aliphatic heterocycles. The first-order valence-corrected chi connectivity index (χ1v) is 5.57. The first-order valence-electron chi connectivity index (χ1n) is 5.57. The largest absolute Gasteiger partial charge is 0.357 e. The molecule has 3 heterocycles. The summed E-state index contributed by atoms with van der Waals surface area (Å²) in [5.41, 5.74) is 0.701. The Labute approximate surface area is 108 Å². The van der Waals surface area contributed by atoms with E-state index in [1.807, 2.05) is 0 Å². The van der Waals surface area contributed by atoms with Crippen molar-refractivity contribution in [1.82, 2.24) is 39.7 Å². The minimum atomic E-state index is 0.431. The summed E-state index contributed by atoms with van der Waals surface area (Å²) in [5.74, 6) is 1.37. The highest BCUT2D eigenvalue weighted by molar-refractivity contribution is 5.50. The third-order valence-corrected chi connectivity index (χ3v) is 2.50. The Morgan fingerprint density at radius 2 is 2.11 bits per heavy atom. The molecule has 0 spiro atoms. The van der Waals surface area contributed by atoms with Gasteiger partial charge in [-0.25, -0.2) is 9.36 Å². The van der Waals surface area contributed by atoms with E-state index in [4.69, 9.17) is 0 Å². The van der Waals surface area contributed by atoms with Crippen molar-refractivity contribution in [3.8, 4) is 17.5 Å². The Bertz CT molecular complexity index is 685. The SMILES string of the molecule is CNc1nc(-c2cnnn2C)nc(-n2cccn2)n1. The van der Waals surface area contributed by atoms with Crippen LogP contribution in [0.5, 0.6) is 0 Å². The predicted molar refractivity (Wildman–Crippen MR) is 66.5 cm³/mol. The van der Waals surface area contributed by atoms with Gasteiger partial charge in [-0.3, -0.25) is 0 Å². The molecule has 0 aromatic carbocycles. The predicted octanol–water partition coefficient (Wildman–Crippen LogP) is -0.106. The Morgan fingerprint density at radius 3 is 2.74 bits per heavy atom. The van der Waals surface area contributed by atoms with E-state index in [1.54, 1.807) is 48.1 Å². The minimum absolute atomic E-state index is 0.431. The maximum atomic E-state index is 4.36. The maximum Gasteiger partial charge on any atom is 0.255 e. The summed E-state index contributed by atoms with van der Waals surface area (Å²) in [6.07, 6.45) is 5.02. The van der Waals surface area contributed by atoms with Gasteiger partial charge in [0.15, 0.2) is 5.82 Å². The molecule has 3 rings (SSSR count). The van der Waals surface area contributed by atoms with Crippen LogP contribution in [0.15, 0.2) is 24.7 Å². The first kappa shape index (κ1) is 11.3. The molecule has 96 valence electrons. The van der Waals surface area contributed by atoms with Crippen molar-refractivity contribution >= 4 is 5.95 Å². The number of nitrogens with one attached hydrogen (secondary N) is 1. The van der Waals surface area contributed by atoms with Crippen molar-refractivity contribution in [2.75, 3.05) is 12.4 Å². The third-order valence-electron chi connectivity index (χ3n) is 2.50. The van der Waals surface area contributed by atoms with E-state index in [-0.39, 0.29) is 0 Å². The van der Waals surface area contributed by atoms with Crippen LogP contribution < -0.4 is 5.32 Å². The van der Waals surface area contributed by atoms with E-state index >= 15 is 0 Å². The lowest BCUT2D eigenvalue weighted by Crippen LogP contribution is -2.09. The Morgan fingerprint density at radius 1 is 1.21 bits per heavy atom. The highest BCUT2D eigenvalue weighted by Gasteiger charge is 2.12. The summed E-state index contributed by atoms with van der Waals surface area (Å²) >= 11 is 0. The van der Waals surface area contributed by atoms with E-state index in [1.165, 1.54) is 0 Å². The van der Waals surface area contributed by atoms with Gasteiger partial charge in [-0.05, 0) is 6.07 Å². The quantitative estimate of drug-likeness (QED) is 0.699. The fourth-order valence-electron chi connectivity index (χ4n) is 1.57. The maximum absolute atomic E-state index is 4.36. The molecule has 0 bridgehead atoms. The van der Waals surface area contributed by atoms with Crippen LogP contribution >= 0.6 is 0 Å². The lowest BCUT2D eigenvalue weighted by Gasteiger charge is -2.06. The van der Waals surface area contributed by atoms with Gasteiger partial charge >= 0.3 is 0 Å². The van der Waals surface area contributed by atoms with Crippen LogP contribution in [-0.4, -0.2) is 46.8 Å². The molecule has 19 heavy (non-hydrogen) atoms. The third kappa shape index (κ3) is 2.01. The van der Waals surface area contributed by atoms with Crippen LogP contribution in [-0.2, 0) is 7.05 Å². The van der Waals surface area contributed by atoms with E-state index < -0.39 is 0 Å². The zero-order valence-corrected chi connectivity index (χ0v) is 10.4. The number of aromatic nitrogens is 8. The smallest absolute Gasteiger partial charge is 0.255 e. The Balaban J connectivity index is 2.16. The van der Waals surface area contributed by atoms with Crippen molar-refractivity contribution in [3.05, 3.63) is 24.7 Å². The molecule has 9 heteroatoms. The summed E-state index contributed by atoms with van der Waals surface area (Å²) in [4.78, 5) is 12.9. The van der Waals surface area contributed by atoms with E-state index in [0.29, 0.717) is 23.4 Å². The molecule has 0 atom stereocenters. The van der Waals surface area contributed by atoms with Crippen molar-refractivity contribution < 1.29 is 0 Å². The molecule has 9 nitrogen and oxygen atoms in total. The molecule has 0 amide bonds. The number of anilines is 1. The molecule has 0 radical (unpaired) electrons. The second kappa shape index (κ2) is 4.44. The van der Waals surface area contributed by atoms with Crippen LogP contribution in [0.4, 0.5) is 5.95 Å². The first-order chi connectivity index (χ1) is 9.28. The minimum Gasteiger partial charge on any atom is -0.357 e. The zero-order valence-electron chi connectivity index (χ0n) is 10.4. The van der Waals surface area contributed by atoms with Gasteiger partial charge in [0.25, 0.3) is 5.95 Å². The van der Waals surface area contributed by atoms with Gasteiger partial charge in [0.05, 0.1) is 6.20 Å². The zero-order chi connectivity index (χ0) is 13.2. The average Bonchev–Trinajstić information content (AvgIpc) is 3.09. The van der Waals surface area contributed by atoms with E-state index in [9.17, 15) is 0 Å². The van der Waals surface area contributed by atoms with Crippen LogP contribution in [0.2, 0.25) is 0 Å². The van der Waals surface area contributed by atoms with E-state index in [2.05, 4.69) is 35.7 Å². The molecule has 0 fully saturated rings. The second-order valence-electron chi connectivity index (χ2n) is 3.73. The van der Waals surface area contributed by atoms with Gasteiger partial charge in [0.2, 0.25) is 5.95 Å². The average molecular weight is 257 g/mol. The molecular formula is C10H11N9. The summed E-state index contributed by atoms with van der Waals surface area (Å²) in [6.45, 7) is 0. The fourth-order valence-corrected chi connectivity index (χ4v) is 1.57. The van der Waals surface area contributed by atoms with Gasteiger partial charge in [-0.2, -0.15) is 20.1 Å². The van der Waals surface area contributed by atoms with Crippen molar-refractivity contribution in [2.24, 2.45) is 7.05 Å². The van der Waals surface area contributed by atoms with Crippen LogP contribution in [0, 0.1) is 0 Å². The molecule has 0 aliphatic carbocycles. The summed E-state index contributed by atoms with van der Waals surface area (Å²) in [5, 5.41) is 14.7. The normalized spacial score (nSPS) is 10.6. The lowest BCUT2D eigenvalue weighted by molar-refractivity contribution is 0.714. The van der Waals surface area contributed by atoms with Crippen molar-refractivity contribution in [1.29, 1.82) is 0 Å². The van der Waals surface area contributed by atoms with Crippen LogP contribution in [0.25, 0.3) is 17.5 Å². The van der Waals surface area contributed by atoms with Gasteiger partial charge in [0, 0.05) is 26.5 Å². The standard InChI is InChI=1S/C10H11N9/c1-11-9-14-8(7-6-12-17-18(7)2)15-10(16-9)19-5-3-4-13-19/h3-6H,1-2H3,(H,11,14,15,16). The molecule has 3 aromatic heterocycles. The number of hydrogen-bond donors (Lipinski definition) is 1. The second-order valence-corrected chi connectivity index (χ2v) is 3.73. The Kier molecular flexibility index (Phi) is 2.63. The van der Waals surface area contributed by atoms with Gasteiger partial charge < -0.3 is 5.32 Å². The Hall–Kier alpha value is -2.84. The molecular weight excluding hydrogens is 246 g/mol. The van der Waals surface area contributed by atoms with Gasteiger partial charge in [0.1, 0.15) is 5.69 Å². The number of hydrogen-bond acceptors (Lipinski definition) is 7. The van der Waals surface area contributed by atoms with Gasteiger partial charge in [-0.15, -0.1) is 5.10 Å². The van der Waals surface area contributed by atoms with Crippen molar-refractivity contribution in [2.45, 2.75) is 0 Å². The topological polar surface area (TPSA) is 99.2 Å². The number of nitrogens with zero attached hydrogens (tertiary/aromatic N) is 8. The van der Waals surface area contributed by atoms with E-state index in [0.717, 1.165) is 0 Å². The fraction of sp³-hybridized carbons (Fsp3) is 0.200. The molecule has 3 aromatic rings. The number of rotatable bonds is 3. The highest BCUT2D eigenvalue weighted by atomic mass is 15.4. The molecule has 0 aliphatic rings. The molecule has 0 saturated heterocycles. The summed E-state index contributed by atoms with van der Waals surface area (Å²) < 4.78 is 3.16. The van der Waals surface area contributed by atoms with Crippen molar-refractivity contribution in [3.63, 3.8) is 0 Å². The summed E-state index contributed by atoms with van der Waals surface area (Å²) in [6, 6.07) is 1.80. The van der Waals surface area contributed by atoms with Crippen LogP contribution in [0.1, 0.15) is 0 Å². The summed E-state index contributed by atoms with van der Waals surface area (Å²) in [7, 11) is 3.52. The van der Waals surface area contributed by atoms with Gasteiger partial charge in [-0.1, -0.05) is 5.21 Å². The molecule has 0 saturated carbocycles. The molecule has 0 unspecified atom stereocenters. The van der Waals surface area contributed by atoms with Crippen LogP contribution in [0.3, 0.4) is 0 Å². The highest BCUT2D eigenvalue weighted by Crippen LogP contribution is 2.15. The molecule has 1 N–H and O–H groups in total. The monoisotopic (exact) mass is 257 g/mol.